The van der Waals surface area contributed by atoms with E-state index in [1.165, 1.54) is 6.21 Å². The molecule has 18 heavy (non-hydrogen) atoms. The van der Waals surface area contributed by atoms with Crippen molar-refractivity contribution in [3.63, 3.8) is 0 Å². The molecule has 1 heterocycles. The number of nitrogen functional groups attached to an aromatic ring is 1. The number of nitrogens with two attached hydrogens (primary N) is 1. The Morgan fingerprint density at radius 3 is 2.67 bits per heavy atom. The second-order valence-corrected chi connectivity index (χ2v) is 5.06. The number of hydrogen-bond donors (Lipinski definition) is 3. The molecule has 0 unspecified atom stereocenters. The lowest BCUT2D eigenvalue weighted by Crippen LogP contribution is -2.41. The molecule has 1 saturated heterocycles. The van der Waals surface area contributed by atoms with E-state index in [1.807, 2.05) is 13.1 Å². The molecule has 1 aromatic carbocycles. The first-order valence-electron chi connectivity index (χ1n) is 6.17. The zero-order chi connectivity index (χ0) is 13.1. The summed E-state index contributed by atoms with van der Waals surface area (Å²) >= 11 is 6.06. The topological polar surface area (TPSA) is 65.1 Å². The van der Waals surface area contributed by atoms with Crippen LogP contribution in [-0.2, 0) is 0 Å². The van der Waals surface area contributed by atoms with Crippen molar-refractivity contribution >= 4 is 29.2 Å². The standard InChI is InChI=1S/C13H19ClN4/c1-17-10-2-4-18(5-3-10)13-7-9(14)6-12(16)11(13)8-15/h6-8,10,15,17H,2-5,16H2,1H3. The van der Waals surface area contributed by atoms with Gasteiger partial charge in [-0.05, 0) is 32.0 Å². The first kappa shape index (κ1) is 13.2. The molecule has 2 rings (SSSR count). The smallest absolute Gasteiger partial charge is 0.0491 e. The molecular weight excluding hydrogens is 248 g/mol. The number of nitrogens with zero attached hydrogens (tertiary/aromatic N) is 1. The zero-order valence-corrected chi connectivity index (χ0v) is 11.3. The highest BCUT2D eigenvalue weighted by molar-refractivity contribution is 6.31. The number of anilines is 2. The average molecular weight is 267 g/mol. The number of piperidine rings is 1. The van der Waals surface area contributed by atoms with Gasteiger partial charge in [-0.3, -0.25) is 0 Å². The summed E-state index contributed by atoms with van der Waals surface area (Å²) in [5.41, 5.74) is 8.23. The van der Waals surface area contributed by atoms with Gasteiger partial charge in [0.05, 0.1) is 0 Å². The van der Waals surface area contributed by atoms with E-state index in [-0.39, 0.29) is 0 Å². The monoisotopic (exact) mass is 266 g/mol. The minimum atomic E-state index is 0.572. The van der Waals surface area contributed by atoms with Crippen molar-refractivity contribution in [3.8, 4) is 0 Å². The molecule has 5 heteroatoms. The van der Waals surface area contributed by atoms with Crippen LogP contribution in [0.1, 0.15) is 18.4 Å². The Morgan fingerprint density at radius 2 is 2.11 bits per heavy atom. The van der Waals surface area contributed by atoms with Crippen molar-refractivity contribution in [1.29, 1.82) is 5.41 Å². The van der Waals surface area contributed by atoms with Gasteiger partial charge in [-0.15, -0.1) is 0 Å². The highest BCUT2D eigenvalue weighted by Gasteiger charge is 2.20. The van der Waals surface area contributed by atoms with E-state index in [9.17, 15) is 0 Å². The van der Waals surface area contributed by atoms with E-state index in [0.29, 0.717) is 16.8 Å². The Balaban J connectivity index is 2.25. The van der Waals surface area contributed by atoms with E-state index < -0.39 is 0 Å². The largest absolute Gasteiger partial charge is 0.398 e. The van der Waals surface area contributed by atoms with Crippen LogP contribution in [0.25, 0.3) is 0 Å². The van der Waals surface area contributed by atoms with E-state index >= 15 is 0 Å². The van der Waals surface area contributed by atoms with Crippen molar-refractivity contribution < 1.29 is 0 Å². The third-order valence-corrected chi connectivity index (χ3v) is 3.76. The molecule has 0 aromatic heterocycles. The van der Waals surface area contributed by atoms with Gasteiger partial charge in [-0.25, -0.2) is 0 Å². The van der Waals surface area contributed by atoms with Gasteiger partial charge in [0.25, 0.3) is 0 Å². The molecule has 0 amide bonds. The first-order chi connectivity index (χ1) is 8.65. The molecule has 0 aliphatic carbocycles. The van der Waals surface area contributed by atoms with Gasteiger partial charge in [-0.2, -0.15) is 0 Å². The highest BCUT2D eigenvalue weighted by Crippen LogP contribution is 2.30. The number of nitrogens with one attached hydrogen (secondary N) is 2. The second-order valence-electron chi connectivity index (χ2n) is 4.62. The van der Waals surface area contributed by atoms with Crippen LogP contribution in [0.5, 0.6) is 0 Å². The summed E-state index contributed by atoms with van der Waals surface area (Å²) in [4.78, 5) is 2.26. The van der Waals surface area contributed by atoms with E-state index in [0.717, 1.165) is 37.2 Å². The molecule has 4 nitrogen and oxygen atoms in total. The quantitative estimate of drug-likeness (QED) is 0.580. The third kappa shape index (κ3) is 2.60. The van der Waals surface area contributed by atoms with Gasteiger partial charge < -0.3 is 21.4 Å². The van der Waals surface area contributed by atoms with Gasteiger partial charge in [0, 0.05) is 47.3 Å². The Morgan fingerprint density at radius 1 is 1.44 bits per heavy atom. The van der Waals surface area contributed by atoms with Gasteiger partial charge >= 0.3 is 0 Å². The molecule has 1 aliphatic rings. The van der Waals surface area contributed by atoms with Gasteiger partial charge in [0.1, 0.15) is 0 Å². The fourth-order valence-corrected chi connectivity index (χ4v) is 2.67. The number of benzene rings is 1. The van der Waals surface area contributed by atoms with Crippen molar-refractivity contribution in [1.82, 2.24) is 5.32 Å². The van der Waals surface area contributed by atoms with Crippen LogP contribution in [0.2, 0.25) is 5.02 Å². The van der Waals surface area contributed by atoms with Crippen molar-refractivity contribution in [2.24, 2.45) is 0 Å². The molecule has 0 spiro atoms. The Labute approximate surface area is 113 Å². The number of rotatable bonds is 3. The maximum Gasteiger partial charge on any atom is 0.0491 e. The minimum absolute atomic E-state index is 0.572. The van der Waals surface area contributed by atoms with Crippen LogP contribution in [0.3, 0.4) is 0 Å². The van der Waals surface area contributed by atoms with Crippen LogP contribution < -0.4 is 16.0 Å². The van der Waals surface area contributed by atoms with Gasteiger partial charge in [0.2, 0.25) is 0 Å². The highest BCUT2D eigenvalue weighted by atomic mass is 35.5. The first-order valence-corrected chi connectivity index (χ1v) is 6.55. The van der Waals surface area contributed by atoms with Crippen LogP contribution in [0.4, 0.5) is 11.4 Å². The molecule has 0 saturated carbocycles. The molecule has 1 fully saturated rings. The predicted octanol–water partition coefficient (Wildman–Crippen LogP) is 2.11. The average Bonchev–Trinajstić information content (AvgIpc) is 2.38. The molecule has 98 valence electrons. The van der Waals surface area contributed by atoms with Crippen molar-refractivity contribution in [3.05, 3.63) is 22.7 Å². The summed E-state index contributed by atoms with van der Waals surface area (Å²) in [7, 11) is 2.00. The zero-order valence-electron chi connectivity index (χ0n) is 10.5. The van der Waals surface area contributed by atoms with Crippen LogP contribution >= 0.6 is 11.6 Å². The normalized spacial score (nSPS) is 16.9. The van der Waals surface area contributed by atoms with Crippen molar-refractivity contribution in [2.45, 2.75) is 18.9 Å². The molecule has 4 N–H and O–H groups in total. The summed E-state index contributed by atoms with van der Waals surface area (Å²) in [5.74, 6) is 0. The lowest BCUT2D eigenvalue weighted by Gasteiger charge is -2.34. The molecule has 0 radical (unpaired) electrons. The summed E-state index contributed by atoms with van der Waals surface area (Å²) in [6.07, 6.45) is 3.51. The summed E-state index contributed by atoms with van der Waals surface area (Å²) < 4.78 is 0. The fourth-order valence-electron chi connectivity index (χ4n) is 2.45. The molecule has 1 aliphatic heterocycles. The van der Waals surface area contributed by atoms with E-state index in [1.54, 1.807) is 6.07 Å². The number of halogens is 1. The molecule has 0 bridgehead atoms. The maximum absolute atomic E-state index is 7.50. The van der Waals surface area contributed by atoms with E-state index in [2.05, 4.69) is 10.2 Å². The maximum atomic E-state index is 7.50. The number of hydrogen-bond acceptors (Lipinski definition) is 4. The van der Waals surface area contributed by atoms with E-state index in [4.69, 9.17) is 22.7 Å². The lowest BCUT2D eigenvalue weighted by atomic mass is 10.0. The van der Waals surface area contributed by atoms with Gasteiger partial charge in [-0.1, -0.05) is 11.6 Å². The predicted molar refractivity (Wildman–Crippen MR) is 78.0 cm³/mol. The van der Waals surface area contributed by atoms with Crippen LogP contribution in [0, 0.1) is 5.41 Å². The molecule has 0 atom stereocenters. The second kappa shape index (κ2) is 5.59. The summed E-state index contributed by atoms with van der Waals surface area (Å²) in [5, 5.41) is 11.4. The summed E-state index contributed by atoms with van der Waals surface area (Å²) in [6, 6.07) is 4.19. The lowest BCUT2D eigenvalue weighted by molar-refractivity contribution is 0.442. The Hall–Kier alpha value is -1.26. The molecular formula is C13H19ClN4. The third-order valence-electron chi connectivity index (χ3n) is 3.54. The summed E-state index contributed by atoms with van der Waals surface area (Å²) in [6.45, 7) is 1.93. The van der Waals surface area contributed by atoms with Crippen LogP contribution in [-0.4, -0.2) is 32.4 Å². The molecule has 1 aromatic rings. The van der Waals surface area contributed by atoms with Crippen molar-refractivity contribution in [2.75, 3.05) is 30.8 Å². The Bertz CT molecular complexity index is 439. The van der Waals surface area contributed by atoms with Crippen LogP contribution in [0.15, 0.2) is 12.1 Å². The van der Waals surface area contributed by atoms with Gasteiger partial charge in [0.15, 0.2) is 0 Å². The minimum Gasteiger partial charge on any atom is -0.398 e. The Kier molecular flexibility index (Phi) is 4.09. The SMILES string of the molecule is CNC1CCN(c2cc(Cl)cc(N)c2C=N)CC1. The fraction of sp³-hybridized carbons (Fsp3) is 0.462.